The fourth-order valence-corrected chi connectivity index (χ4v) is 1.93. The first-order valence-electron chi connectivity index (χ1n) is 6.08. The number of nitrogens with one attached hydrogen (secondary N) is 1. The molecule has 0 aliphatic rings. The SMILES string of the molecule is COCC(CNc1ccc2ccccc2c1)OC. The molecule has 0 heterocycles. The van der Waals surface area contributed by atoms with Crippen molar-refractivity contribution < 1.29 is 9.47 Å². The number of fused-ring (bicyclic) bond motifs is 1. The van der Waals surface area contributed by atoms with Crippen molar-refractivity contribution >= 4 is 16.5 Å². The van der Waals surface area contributed by atoms with Gasteiger partial charge in [-0.15, -0.1) is 0 Å². The van der Waals surface area contributed by atoms with Crippen molar-refractivity contribution in [3.63, 3.8) is 0 Å². The Balaban J connectivity index is 2.03. The molecule has 1 atom stereocenters. The zero-order chi connectivity index (χ0) is 12.8. The lowest BCUT2D eigenvalue weighted by Gasteiger charge is -2.16. The Morgan fingerprint density at radius 3 is 2.56 bits per heavy atom. The highest BCUT2D eigenvalue weighted by Crippen LogP contribution is 2.18. The van der Waals surface area contributed by atoms with Crippen molar-refractivity contribution in [2.45, 2.75) is 6.10 Å². The summed E-state index contributed by atoms with van der Waals surface area (Å²) in [5.41, 5.74) is 1.10. The fraction of sp³-hybridized carbons (Fsp3) is 0.333. The molecule has 1 N–H and O–H groups in total. The molecule has 0 spiro atoms. The first-order chi connectivity index (χ1) is 8.83. The van der Waals surface area contributed by atoms with E-state index in [0.29, 0.717) is 6.61 Å². The molecule has 3 nitrogen and oxygen atoms in total. The van der Waals surface area contributed by atoms with Gasteiger partial charge >= 0.3 is 0 Å². The molecule has 96 valence electrons. The van der Waals surface area contributed by atoms with Gasteiger partial charge in [-0.05, 0) is 22.9 Å². The van der Waals surface area contributed by atoms with Crippen LogP contribution >= 0.6 is 0 Å². The van der Waals surface area contributed by atoms with Crippen LogP contribution in [0.1, 0.15) is 0 Å². The quantitative estimate of drug-likeness (QED) is 0.848. The largest absolute Gasteiger partial charge is 0.382 e. The van der Waals surface area contributed by atoms with Gasteiger partial charge in [0.2, 0.25) is 0 Å². The Bertz CT molecular complexity index is 499. The minimum absolute atomic E-state index is 0.0708. The number of ether oxygens (including phenoxy) is 2. The molecule has 0 aromatic heterocycles. The molecular weight excluding hydrogens is 226 g/mol. The predicted molar refractivity (Wildman–Crippen MR) is 75.1 cm³/mol. The van der Waals surface area contributed by atoms with E-state index < -0.39 is 0 Å². The Labute approximate surface area is 108 Å². The van der Waals surface area contributed by atoms with Gasteiger partial charge < -0.3 is 14.8 Å². The van der Waals surface area contributed by atoms with Gasteiger partial charge in [0, 0.05) is 26.5 Å². The molecular formula is C15H19NO2. The van der Waals surface area contributed by atoms with Crippen molar-refractivity contribution in [3.05, 3.63) is 42.5 Å². The summed E-state index contributed by atoms with van der Waals surface area (Å²) in [5.74, 6) is 0. The number of hydrogen-bond donors (Lipinski definition) is 1. The van der Waals surface area contributed by atoms with E-state index in [1.165, 1.54) is 10.8 Å². The molecule has 0 radical (unpaired) electrons. The highest BCUT2D eigenvalue weighted by molar-refractivity contribution is 5.85. The third-order valence-electron chi connectivity index (χ3n) is 2.97. The average molecular weight is 245 g/mol. The van der Waals surface area contributed by atoms with E-state index >= 15 is 0 Å². The van der Waals surface area contributed by atoms with Crippen LogP contribution < -0.4 is 5.32 Å². The maximum Gasteiger partial charge on any atom is 0.0976 e. The minimum atomic E-state index is 0.0708. The van der Waals surface area contributed by atoms with Crippen LogP contribution in [0.4, 0.5) is 5.69 Å². The average Bonchev–Trinajstić information content (AvgIpc) is 2.43. The molecule has 0 aliphatic heterocycles. The lowest BCUT2D eigenvalue weighted by atomic mass is 10.1. The summed E-state index contributed by atoms with van der Waals surface area (Å²) < 4.78 is 10.4. The number of hydrogen-bond acceptors (Lipinski definition) is 3. The van der Waals surface area contributed by atoms with Crippen molar-refractivity contribution in [1.29, 1.82) is 0 Å². The summed E-state index contributed by atoms with van der Waals surface area (Å²) >= 11 is 0. The second-order valence-electron chi connectivity index (χ2n) is 4.26. The van der Waals surface area contributed by atoms with Crippen LogP contribution in [-0.2, 0) is 9.47 Å². The van der Waals surface area contributed by atoms with E-state index in [0.717, 1.165) is 12.2 Å². The van der Waals surface area contributed by atoms with Gasteiger partial charge in [0.1, 0.15) is 0 Å². The molecule has 2 aromatic rings. The van der Waals surface area contributed by atoms with Crippen molar-refractivity contribution in [3.8, 4) is 0 Å². The van der Waals surface area contributed by atoms with E-state index in [4.69, 9.17) is 9.47 Å². The Kier molecular flexibility index (Phi) is 4.56. The smallest absolute Gasteiger partial charge is 0.0976 e. The summed E-state index contributed by atoms with van der Waals surface area (Å²) in [6.45, 7) is 1.33. The van der Waals surface area contributed by atoms with Crippen LogP contribution in [0.25, 0.3) is 10.8 Å². The summed E-state index contributed by atoms with van der Waals surface area (Å²) in [5, 5.41) is 5.86. The second-order valence-corrected chi connectivity index (χ2v) is 4.26. The molecule has 0 bridgehead atoms. The summed E-state index contributed by atoms with van der Waals surface area (Å²) in [6, 6.07) is 14.7. The predicted octanol–water partition coefficient (Wildman–Crippen LogP) is 2.91. The van der Waals surface area contributed by atoms with Crippen molar-refractivity contribution in [1.82, 2.24) is 0 Å². The van der Waals surface area contributed by atoms with E-state index in [9.17, 15) is 0 Å². The number of methoxy groups -OCH3 is 2. The van der Waals surface area contributed by atoms with E-state index in [-0.39, 0.29) is 6.10 Å². The van der Waals surface area contributed by atoms with Gasteiger partial charge in [0.15, 0.2) is 0 Å². The van der Waals surface area contributed by atoms with E-state index in [1.807, 2.05) is 0 Å². The fourth-order valence-electron chi connectivity index (χ4n) is 1.93. The number of rotatable bonds is 6. The topological polar surface area (TPSA) is 30.5 Å². The van der Waals surface area contributed by atoms with Gasteiger partial charge in [-0.1, -0.05) is 30.3 Å². The molecule has 2 rings (SSSR count). The molecule has 0 aliphatic carbocycles. The zero-order valence-corrected chi connectivity index (χ0v) is 10.8. The second kappa shape index (κ2) is 6.38. The van der Waals surface area contributed by atoms with Crippen LogP contribution in [0.3, 0.4) is 0 Å². The minimum Gasteiger partial charge on any atom is -0.382 e. The normalized spacial score (nSPS) is 12.6. The van der Waals surface area contributed by atoms with Gasteiger partial charge in [0.25, 0.3) is 0 Å². The zero-order valence-electron chi connectivity index (χ0n) is 10.8. The summed E-state index contributed by atoms with van der Waals surface area (Å²) in [6.07, 6.45) is 0.0708. The van der Waals surface area contributed by atoms with Gasteiger partial charge in [-0.2, -0.15) is 0 Å². The Morgan fingerprint density at radius 1 is 1.06 bits per heavy atom. The molecule has 0 saturated heterocycles. The summed E-state index contributed by atoms with van der Waals surface area (Å²) in [4.78, 5) is 0. The molecule has 3 heteroatoms. The van der Waals surface area contributed by atoms with Crippen molar-refractivity contribution in [2.75, 3.05) is 32.7 Å². The third-order valence-corrected chi connectivity index (χ3v) is 2.97. The summed E-state index contributed by atoms with van der Waals surface area (Å²) in [7, 11) is 3.38. The van der Waals surface area contributed by atoms with Crippen LogP contribution in [0.15, 0.2) is 42.5 Å². The Hall–Kier alpha value is -1.58. The highest BCUT2D eigenvalue weighted by atomic mass is 16.5. The first-order valence-corrected chi connectivity index (χ1v) is 6.08. The Morgan fingerprint density at radius 2 is 1.83 bits per heavy atom. The first kappa shape index (κ1) is 12.9. The molecule has 18 heavy (non-hydrogen) atoms. The van der Waals surface area contributed by atoms with Crippen LogP contribution in [0, 0.1) is 0 Å². The molecule has 0 amide bonds. The van der Waals surface area contributed by atoms with Crippen molar-refractivity contribution in [2.24, 2.45) is 0 Å². The van der Waals surface area contributed by atoms with Gasteiger partial charge in [-0.3, -0.25) is 0 Å². The monoisotopic (exact) mass is 245 g/mol. The molecule has 2 aromatic carbocycles. The highest BCUT2D eigenvalue weighted by Gasteiger charge is 2.06. The molecule has 1 unspecified atom stereocenters. The number of anilines is 1. The maximum absolute atomic E-state index is 5.31. The maximum atomic E-state index is 5.31. The number of benzene rings is 2. The van der Waals surface area contributed by atoms with Gasteiger partial charge in [-0.25, -0.2) is 0 Å². The van der Waals surface area contributed by atoms with E-state index in [1.54, 1.807) is 14.2 Å². The third kappa shape index (κ3) is 3.22. The van der Waals surface area contributed by atoms with E-state index in [2.05, 4.69) is 47.8 Å². The molecule has 0 saturated carbocycles. The standard InChI is InChI=1S/C15H19NO2/c1-17-11-15(18-2)10-16-14-8-7-12-5-3-4-6-13(12)9-14/h3-9,15-16H,10-11H2,1-2H3. The van der Waals surface area contributed by atoms with Crippen LogP contribution in [-0.4, -0.2) is 33.5 Å². The lowest BCUT2D eigenvalue weighted by Crippen LogP contribution is -2.26. The lowest BCUT2D eigenvalue weighted by molar-refractivity contribution is 0.0365. The van der Waals surface area contributed by atoms with Crippen LogP contribution in [0.2, 0.25) is 0 Å². The van der Waals surface area contributed by atoms with Gasteiger partial charge in [0.05, 0.1) is 12.7 Å². The molecule has 0 fully saturated rings. The van der Waals surface area contributed by atoms with Crippen LogP contribution in [0.5, 0.6) is 0 Å².